The molecule has 2 atom stereocenters. The van der Waals surface area contributed by atoms with Crippen molar-refractivity contribution < 1.29 is 4.92 Å². The van der Waals surface area contributed by atoms with Crippen molar-refractivity contribution in [1.82, 2.24) is 10.3 Å². The molecular weight excluding hydrogens is 266 g/mol. The van der Waals surface area contributed by atoms with Crippen LogP contribution in [-0.2, 0) is 6.54 Å². The molecule has 5 nitrogen and oxygen atoms in total. The Kier molecular flexibility index (Phi) is 5.28. The summed E-state index contributed by atoms with van der Waals surface area (Å²) in [6.45, 7) is 6.44. The zero-order valence-corrected chi connectivity index (χ0v) is 13.2. The second-order valence-corrected chi connectivity index (χ2v) is 6.22. The van der Waals surface area contributed by atoms with Gasteiger partial charge in [-0.3, -0.25) is 15.1 Å². The zero-order chi connectivity index (χ0) is 15.4. The first-order chi connectivity index (χ1) is 10.0. The molecule has 0 spiro atoms. The first-order valence-electron chi connectivity index (χ1n) is 7.83. The van der Waals surface area contributed by atoms with E-state index in [1.807, 2.05) is 0 Å². The molecule has 1 saturated carbocycles. The lowest BCUT2D eigenvalue weighted by Gasteiger charge is -2.23. The molecule has 0 aliphatic heterocycles. The highest BCUT2D eigenvalue weighted by Crippen LogP contribution is 2.26. The van der Waals surface area contributed by atoms with Gasteiger partial charge in [-0.1, -0.05) is 26.2 Å². The molecule has 2 unspecified atom stereocenters. The van der Waals surface area contributed by atoms with Crippen LogP contribution in [0.3, 0.4) is 0 Å². The SMILES string of the molecule is Cc1cnc(CNC2CCCCCC2C)c(C)c1[N+](=O)[O-]. The molecule has 0 amide bonds. The van der Waals surface area contributed by atoms with E-state index < -0.39 is 0 Å². The van der Waals surface area contributed by atoms with Crippen LogP contribution in [0.1, 0.15) is 55.8 Å². The molecule has 1 aliphatic rings. The molecule has 0 aromatic carbocycles. The Balaban J connectivity index is 2.09. The topological polar surface area (TPSA) is 68.1 Å². The number of nitrogens with zero attached hydrogens (tertiary/aromatic N) is 2. The number of rotatable bonds is 4. The molecule has 5 heteroatoms. The van der Waals surface area contributed by atoms with Crippen molar-refractivity contribution in [3.05, 3.63) is 33.1 Å². The lowest BCUT2D eigenvalue weighted by atomic mass is 9.97. The molecule has 116 valence electrons. The number of hydrogen-bond donors (Lipinski definition) is 1. The molecule has 2 rings (SSSR count). The molecule has 1 aromatic rings. The second-order valence-electron chi connectivity index (χ2n) is 6.22. The maximum absolute atomic E-state index is 11.2. The van der Waals surface area contributed by atoms with E-state index in [1.54, 1.807) is 20.0 Å². The fourth-order valence-corrected chi connectivity index (χ4v) is 3.25. The van der Waals surface area contributed by atoms with Crippen molar-refractivity contribution >= 4 is 5.69 Å². The molecule has 1 heterocycles. The quantitative estimate of drug-likeness (QED) is 0.522. The minimum atomic E-state index is -0.301. The van der Waals surface area contributed by atoms with Crippen LogP contribution in [0, 0.1) is 29.9 Å². The van der Waals surface area contributed by atoms with Crippen LogP contribution in [0.15, 0.2) is 6.20 Å². The number of aryl methyl sites for hydroxylation is 1. The van der Waals surface area contributed by atoms with Gasteiger partial charge in [0.2, 0.25) is 0 Å². The van der Waals surface area contributed by atoms with Crippen LogP contribution >= 0.6 is 0 Å². The maximum atomic E-state index is 11.2. The van der Waals surface area contributed by atoms with Crippen molar-refractivity contribution in [3.63, 3.8) is 0 Å². The lowest BCUT2D eigenvalue weighted by Crippen LogP contribution is -2.34. The predicted molar refractivity (Wildman–Crippen MR) is 83.2 cm³/mol. The van der Waals surface area contributed by atoms with Gasteiger partial charge in [0.05, 0.1) is 10.6 Å². The summed E-state index contributed by atoms with van der Waals surface area (Å²) in [4.78, 5) is 15.2. The van der Waals surface area contributed by atoms with E-state index in [1.165, 1.54) is 32.1 Å². The Bertz CT molecular complexity index is 516. The second kappa shape index (κ2) is 6.98. The van der Waals surface area contributed by atoms with Gasteiger partial charge >= 0.3 is 0 Å². The van der Waals surface area contributed by atoms with Crippen LogP contribution in [0.2, 0.25) is 0 Å². The summed E-state index contributed by atoms with van der Waals surface area (Å²) in [7, 11) is 0. The summed E-state index contributed by atoms with van der Waals surface area (Å²) in [5.41, 5.74) is 2.32. The molecule has 1 N–H and O–H groups in total. The van der Waals surface area contributed by atoms with Crippen molar-refractivity contribution in [2.24, 2.45) is 5.92 Å². The van der Waals surface area contributed by atoms with Crippen LogP contribution in [-0.4, -0.2) is 15.9 Å². The highest BCUT2D eigenvalue weighted by atomic mass is 16.6. The normalized spacial score (nSPS) is 22.8. The van der Waals surface area contributed by atoms with Gasteiger partial charge in [-0.05, 0) is 32.6 Å². The minimum absolute atomic E-state index is 0.204. The molecule has 1 aromatic heterocycles. The fourth-order valence-electron chi connectivity index (χ4n) is 3.25. The van der Waals surface area contributed by atoms with E-state index in [2.05, 4.69) is 17.2 Å². The van der Waals surface area contributed by atoms with Gasteiger partial charge < -0.3 is 5.32 Å². The zero-order valence-electron chi connectivity index (χ0n) is 13.2. The van der Waals surface area contributed by atoms with Crippen molar-refractivity contribution in [1.29, 1.82) is 0 Å². The summed E-state index contributed by atoms with van der Waals surface area (Å²) in [5.74, 6) is 0.660. The monoisotopic (exact) mass is 291 g/mol. The van der Waals surface area contributed by atoms with E-state index >= 15 is 0 Å². The third kappa shape index (κ3) is 3.79. The van der Waals surface area contributed by atoms with E-state index in [0.717, 1.165) is 5.69 Å². The van der Waals surface area contributed by atoms with Crippen LogP contribution in [0.25, 0.3) is 0 Å². The third-order valence-electron chi connectivity index (χ3n) is 4.65. The van der Waals surface area contributed by atoms with Crippen molar-refractivity contribution in [3.8, 4) is 0 Å². The summed E-state index contributed by atoms with van der Waals surface area (Å²) in [6.07, 6.45) is 7.95. The van der Waals surface area contributed by atoms with Gasteiger partial charge in [0.25, 0.3) is 5.69 Å². The molecule has 1 aliphatic carbocycles. The minimum Gasteiger partial charge on any atom is -0.308 e. The largest absolute Gasteiger partial charge is 0.308 e. The Morgan fingerprint density at radius 3 is 2.76 bits per heavy atom. The molecule has 0 radical (unpaired) electrons. The van der Waals surface area contributed by atoms with Crippen LogP contribution < -0.4 is 5.32 Å². The summed E-state index contributed by atoms with van der Waals surface area (Å²) in [5, 5.41) is 14.7. The average molecular weight is 291 g/mol. The molecular formula is C16H25N3O2. The summed E-state index contributed by atoms with van der Waals surface area (Å²) >= 11 is 0. The highest BCUT2D eigenvalue weighted by molar-refractivity contribution is 5.47. The van der Waals surface area contributed by atoms with E-state index in [9.17, 15) is 10.1 Å². The Morgan fingerprint density at radius 2 is 2.05 bits per heavy atom. The van der Waals surface area contributed by atoms with Crippen LogP contribution in [0.5, 0.6) is 0 Å². The molecule has 1 fully saturated rings. The highest BCUT2D eigenvalue weighted by Gasteiger charge is 2.22. The van der Waals surface area contributed by atoms with Crippen molar-refractivity contribution in [2.75, 3.05) is 0 Å². The standard InChI is InChI=1S/C16H25N3O2/c1-11-7-5-4-6-8-14(11)18-10-15-13(3)16(19(20)21)12(2)9-17-15/h9,11,14,18H,4-8,10H2,1-3H3. The van der Waals surface area contributed by atoms with Crippen LogP contribution in [0.4, 0.5) is 5.69 Å². The van der Waals surface area contributed by atoms with E-state index in [0.29, 0.717) is 29.6 Å². The Morgan fingerprint density at radius 1 is 1.33 bits per heavy atom. The summed E-state index contributed by atoms with van der Waals surface area (Å²) in [6, 6.07) is 0.494. The smallest absolute Gasteiger partial charge is 0.278 e. The molecule has 0 saturated heterocycles. The Labute approximate surface area is 126 Å². The van der Waals surface area contributed by atoms with Gasteiger partial charge in [-0.25, -0.2) is 0 Å². The van der Waals surface area contributed by atoms with Gasteiger partial charge in [0, 0.05) is 29.9 Å². The van der Waals surface area contributed by atoms with Gasteiger partial charge in [-0.15, -0.1) is 0 Å². The number of pyridine rings is 1. The summed E-state index contributed by atoms with van der Waals surface area (Å²) < 4.78 is 0. The van der Waals surface area contributed by atoms with Gasteiger partial charge in [0.15, 0.2) is 0 Å². The lowest BCUT2D eigenvalue weighted by molar-refractivity contribution is -0.386. The third-order valence-corrected chi connectivity index (χ3v) is 4.65. The number of aromatic nitrogens is 1. The maximum Gasteiger partial charge on any atom is 0.278 e. The first-order valence-corrected chi connectivity index (χ1v) is 7.83. The van der Waals surface area contributed by atoms with E-state index in [4.69, 9.17) is 0 Å². The fraction of sp³-hybridized carbons (Fsp3) is 0.688. The predicted octanol–water partition coefficient (Wildman–Crippen LogP) is 3.67. The average Bonchev–Trinajstić information content (AvgIpc) is 2.62. The number of nitro groups is 1. The number of hydrogen-bond acceptors (Lipinski definition) is 4. The molecule has 21 heavy (non-hydrogen) atoms. The van der Waals surface area contributed by atoms with Crippen molar-refractivity contribution in [2.45, 2.75) is 65.5 Å². The number of nitrogens with one attached hydrogen (secondary N) is 1. The van der Waals surface area contributed by atoms with Gasteiger partial charge in [0.1, 0.15) is 0 Å². The van der Waals surface area contributed by atoms with E-state index in [-0.39, 0.29) is 10.6 Å². The van der Waals surface area contributed by atoms with Gasteiger partial charge in [-0.2, -0.15) is 0 Å². The first kappa shape index (κ1) is 15.9. The Hall–Kier alpha value is -1.49. The molecule has 0 bridgehead atoms.